The summed E-state index contributed by atoms with van der Waals surface area (Å²) in [5.74, 6) is -1.52. The van der Waals surface area contributed by atoms with Crippen molar-refractivity contribution in [2.24, 2.45) is 0 Å². The Labute approximate surface area is 167 Å². The van der Waals surface area contributed by atoms with E-state index in [4.69, 9.17) is 4.74 Å². The second-order valence-corrected chi connectivity index (χ2v) is 6.94. The predicted octanol–water partition coefficient (Wildman–Crippen LogP) is 3.90. The van der Waals surface area contributed by atoms with Gasteiger partial charge >= 0.3 is 6.03 Å². The zero-order valence-corrected chi connectivity index (χ0v) is 15.8. The fraction of sp³-hybridized carbons (Fsp3) is 0.286. The van der Waals surface area contributed by atoms with Crippen molar-refractivity contribution in [3.8, 4) is 0 Å². The van der Waals surface area contributed by atoms with E-state index >= 15 is 0 Å². The van der Waals surface area contributed by atoms with Crippen LogP contribution in [0.15, 0.2) is 48.7 Å². The maximum atomic E-state index is 13.7. The van der Waals surface area contributed by atoms with Gasteiger partial charge in [0.25, 0.3) is 0 Å². The zero-order valence-electron chi connectivity index (χ0n) is 15.8. The summed E-state index contributed by atoms with van der Waals surface area (Å²) in [5, 5.41) is 6.06. The van der Waals surface area contributed by atoms with Crippen LogP contribution < -0.4 is 10.6 Å². The van der Waals surface area contributed by atoms with E-state index in [0.29, 0.717) is 5.69 Å². The third-order valence-corrected chi connectivity index (χ3v) is 4.97. The number of urea groups is 1. The first kappa shape index (κ1) is 19.4. The Balaban J connectivity index is 1.39. The molecule has 4 rings (SSSR count). The number of morpholine rings is 1. The summed E-state index contributed by atoms with van der Waals surface area (Å²) in [6, 6.07) is 10.0. The molecule has 2 heterocycles. The van der Waals surface area contributed by atoms with Crippen LogP contribution in [0, 0.1) is 11.6 Å². The molecule has 3 aromatic rings. The molecule has 1 fully saturated rings. The molecule has 29 heavy (non-hydrogen) atoms. The fourth-order valence-electron chi connectivity index (χ4n) is 3.42. The Morgan fingerprint density at radius 3 is 2.62 bits per heavy atom. The summed E-state index contributed by atoms with van der Waals surface area (Å²) >= 11 is 0. The minimum atomic E-state index is -0.826. The van der Waals surface area contributed by atoms with Gasteiger partial charge in [-0.3, -0.25) is 4.90 Å². The van der Waals surface area contributed by atoms with Crippen molar-refractivity contribution in [2.45, 2.75) is 6.54 Å². The van der Waals surface area contributed by atoms with E-state index in [1.165, 1.54) is 6.07 Å². The van der Waals surface area contributed by atoms with Gasteiger partial charge in [0.1, 0.15) is 11.6 Å². The predicted molar refractivity (Wildman–Crippen MR) is 108 cm³/mol. The molecule has 0 saturated carbocycles. The number of carbonyl (C=O) groups excluding carboxylic acids is 1. The topological polar surface area (TPSA) is 58.5 Å². The zero-order chi connectivity index (χ0) is 20.2. The first-order valence-corrected chi connectivity index (χ1v) is 9.50. The normalized spacial score (nSPS) is 14.8. The lowest BCUT2D eigenvalue weighted by Gasteiger charge is -2.26. The van der Waals surface area contributed by atoms with Crippen LogP contribution in [-0.4, -0.2) is 48.3 Å². The van der Waals surface area contributed by atoms with E-state index < -0.39 is 17.7 Å². The Morgan fingerprint density at radius 1 is 1.00 bits per heavy atom. The smallest absolute Gasteiger partial charge is 0.323 e. The lowest BCUT2D eigenvalue weighted by molar-refractivity contribution is 0.0365. The quantitative estimate of drug-likeness (QED) is 0.683. The number of rotatable bonds is 5. The largest absolute Gasteiger partial charge is 0.379 e. The van der Waals surface area contributed by atoms with Gasteiger partial charge < -0.3 is 19.9 Å². The average Bonchev–Trinajstić information content (AvgIpc) is 3.11. The van der Waals surface area contributed by atoms with Crippen LogP contribution in [0.2, 0.25) is 0 Å². The van der Waals surface area contributed by atoms with Crippen molar-refractivity contribution in [1.82, 2.24) is 9.47 Å². The standard InChI is InChI=1S/C21H22F2N4O2/c22-16-1-3-19(18(23)14-16)25-21(28)24-17-2-4-20-15(13-17)5-6-27(20)8-7-26-9-11-29-12-10-26/h1-6,13-14H,7-12H2,(H2,24,25,28). The molecule has 2 amide bonds. The van der Waals surface area contributed by atoms with Gasteiger partial charge in [0, 0.05) is 55.0 Å². The van der Waals surface area contributed by atoms with Crippen LogP contribution in [-0.2, 0) is 11.3 Å². The first-order chi connectivity index (χ1) is 14.1. The number of aromatic nitrogens is 1. The number of amides is 2. The molecule has 1 saturated heterocycles. The minimum Gasteiger partial charge on any atom is -0.379 e. The van der Waals surface area contributed by atoms with Crippen LogP contribution in [0.3, 0.4) is 0 Å². The number of ether oxygens (including phenoxy) is 1. The van der Waals surface area contributed by atoms with E-state index in [-0.39, 0.29) is 5.69 Å². The number of hydrogen-bond donors (Lipinski definition) is 2. The van der Waals surface area contributed by atoms with E-state index in [0.717, 1.165) is 62.4 Å². The highest BCUT2D eigenvalue weighted by Gasteiger charge is 2.12. The number of halogens is 2. The van der Waals surface area contributed by atoms with Gasteiger partial charge in [-0.25, -0.2) is 13.6 Å². The molecule has 0 bridgehead atoms. The van der Waals surface area contributed by atoms with Crippen molar-refractivity contribution in [2.75, 3.05) is 43.5 Å². The Morgan fingerprint density at radius 2 is 1.83 bits per heavy atom. The average molecular weight is 400 g/mol. The number of carbonyl (C=O) groups is 1. The summed E-state index contributed by atoms with van der Waals surface area (Å²) in [4.78, 5) is 14.5. The van der Waals surface area contributed by atoms with Crippen LogP contribution in [0.25, 0.3) is 10.9 Å². The highest BCUT2D eigenvalue weighted by Crippen LogP contribution is 2.21. The Bertz CT molecular complexity index is 1020. The molecule has 6 nitrogen and oxygen atoms in total. The van der Waals surface area contributed by atoms with Crippen LogP contribution in [0.5, 0.6) is 0 Å². The van der Waals surface area contributed by atoms with Gasteiger partial charge in [0.2, 0.25) is 0 Å². The molecule has 0 aliphatic carbocycles. The van der Waals surface area contributed by atoms with Crippen molar-refractivity contribution < 1.29 is 18.3 Å². The molecule has 2 aromatic carbocycles. The van der Waals surface area contributed by atoms with Gasteiger partial charge in [0.15, 0.2) is 0 Å². The summed E-state index contributed by atoms with van der Waals surface area (Å²) in [7, 11) is 0. The highest BCUT2D eigenvalue weighted by atomic mass is 19.1. The van der Waals surface area contributed by atoms with Crippen molar-refractivity contribution >= 4 is 28.3 Å². The van der Waals surface area contributed by atoms with Gasteiger partial charge in [-0.2, -0.15) is 0 Å². The van der Waals surface area contributed by atoms with Crippen molar-refractivity contribution in [1.29, 1.82) is 0 Å². The number of nitrogens with one attached hydrogen (secondary N) is 2. The highest BCUT2D eigenvalue weighted by molar-refractivity contribution is 6.01. The summed E-state index contributed by atoms with van der Waals surface area (Å²) < 4.78 is 34.2. The SMILES string of the molecule is O=C(Nc1ccc2c(ccn2CCN2CCOCC2)c1)Nc1ccc(F)cc1F. The summed E-state index contributed by atoms with van der Waals surface area (Å²) in [5.41, 5.74) is 1.58. The molecule has 0 unspecified atom stereocenters. The maximum absolute atomic E-state index is 13.7. The van der Waals surface area contributed by atoms with E-state index in [1.807, 2.05) is 24.4 Å². The molecular formula is C21H22F2N4O2. The number of hydrogen-bond acceptors (Lipinski definition) is 3. The molecule has 1 aliphatic heterocycles. The van der Waals surface area contributed by atoms with E-state index in [1.54, 1.807) is 6.07 Å². The molecule has 1 aromatic heterocycles. The summed E-state index contributed by atoms with van der Waals surface area (Å²) in [6.07, 6.45) is 2.03. The second kappa shape index (κ2) is 8.59. The number of benzene rings is 2. The van der Waals surface area contributed by atoms with Crippen LogP contribution >= 0.6 is 0 Å². The minimum absolute atomic E-state index is 0.0840. The Kier molecular flexibility index (Phi) is 5.73. The lowest BCUT2D eigenvalue weighted by atomic mass is 10.2. The molecule has 8 heteroatoms. The van der Waals surface area contributed by atoms with E-state index in [2.05, 4.69) is 20.1 Å². The molecule has 152 valence electrons. The Hall–Kier alpha value is -2.97. The third-order valence-electron chi connectivity index (χ3n) is 4.97. The van der Waals surface area contributed by atoms with Crippen LogP contribution in [0.1, 0.15) is 0 Å². The number of fused-ring (bicyclic) bond motifs is 1. The number of anilines is 2. The molecule has 2 N–H and O–H groups in total. The monoisotopic (exact) mass is 400 g/mol. The summed E-state index contributed by atoms with van der Waals surface area (Å²) in [6.45, 7) is 5.31. The van der Waals surface area contributed by atoms with Crippen molar-refractivity contribution in [3.63, 3.8) is 0 Å². The van der Waals surface area contributed by atoms with Gasteiger partial charge in [0.05, 0.1) is 18.9 Å². The molecule has 0 spiro atoms. The second-order valence-electron chi connectivity index (χ2n) is 6.94. The van der Waals surface area contributed by atoms with Crippen LogP contribution in [0.4, 0.5) is 25.0 Å². The van der Waals surface area contributed by atoms with Gasteiger partial charge in [-0.05, 0) is 36.4 Å². The maximum Gasteiger partial charge on any atom is 0.323 e. The van der Waals surface area contributed by atoms with Gasteiger partial charge in [-0.1, -0.05) is 0 Å². The fourth-order valence-corrected chi connectivity index (χ4v) is 3.42. The van der Waals surface area contributed by atoms with Crippen molar-refractivity contribution in [3.05, 3.63) is 60.3 Å². The molecule has 0 radical (unpaired) electrons. The molecule has 1 aliphatic rings. The third kappa shape index (κ3) is 4.72. The molecule has 0 atom stereocenters. The van der Waals surface area contributed by atoms with E-state index in [9.17, 15) is 13.6 Å². The first-order valence-electron chi connectivity index (χ1n) is 9.50. The van der Waals surface area contributed by atoms with Gasteiger partial charge in [-0.15, -0.1) is 0 Å². The lowest BCUT2D eigenvalue weighted by Crippen LogP contribution is -2.38. The number of nitrogens with zero attached hydrogens (tertiary/aromatic N) is 2. The molecular weight excluding hydrogens is 378 g/mol.